The first-order valence-electron chi connectivity index (χ1n) is 14.7. The van der Waals surface area contributed by atoms with E-state index in [4.69, 9.17) is 14.2 Å². The minimum Gasteiger partial charge on any atom is -0.493 e. The number of carbonyl (C=O) groups is 2. The van der Waals surface area contributed by atoms with Gasteiger partial charge in [0.05, 0.1) is 45.3 Å². The van der Waals surface area contributed by atoms with Crippen molar-refractivity contribution in [3.8, 4) is 17.2 Å². The Hall–Kier alpha value is -4.76. The number of para-hydroxylation sites is 2. The number of hydrogen-bond donors (Lipinski definition) is 2. The third kappa shape index (κ3) is 6.01. The third-order valence-corrected chi connectivity index (χ3v) is 8.31. The van der Waals surface area contributed by atoms with Gasteiger partial charge in [0.25, 0.3) is 5.91 Å². The third-order valence-electron chi connectivity index (χ3n) is 8.31. The summed E-state index contributed by atoms with van der Waals surface area (Å²) in [4.78, 5) is 31.6. The molecule has 5 rings (SSSR count). The second-order valence-corrected chi connectivity index (χ2v) is 11.0. The van der Waals surface area contributed by atoms with Crippen LogP contribution in [0.5, 0.6) is 17.2 Å². The van der Waals surface area contributed by atoms with Gasteiger partial charge in [-0.1, -0.05) is 48.5 Å². The van der Waals surface area contributed by atoms with E-state index in [1.165, 1.54) is 0 Å². The normalized spacial score (nSPS) is 15.4. The van der Waals surface area contributed by atoms with Crippen LogP contribution in [0, 0.1) is 6.92 Å². The van der Waals surface area contributed by atoms with Gasteiger partial charge in [0, 0.05) is 13.1 Å². The highest BCUT2D eigenvalue weighted by atomic mass is 16.5. The minimum atomic E-state index is -0.803. The molecular formula is C35H40N4O5. The highest BCUT2D eigenvalue weighted by Gasteiger charge is 2.36. The van der Waals surface area contributed by atoms with Crippen molar-refractivity contribution in [3.63, 3.8) is 0 Å². The molecule has 230 valence electrons. The number of carbonyl (C=O) groups excluding carboxylic acids is 2. The molecule has 2 N–H and O–H groups in total. The Labute approximate surface area is 258 Å². The molecule has 2 atom stereocenters. The molecule has 0 fully saturated rings. The fourth-order valence-corrected chi connectivity index (χ4v) is 5.77. The van der Waals surface area contributed by atoms with E-state index in [9.17, 15) is 9.59 Å². The van der Waals surface area contributed by atoms with Crippen LogP contribution in [0.2, 0.25) is 0 Å². The number of nitrogens with one attached hydrogen (secondary N) is 2. The van der Waals surface area contributed by atoms with E-state index in [0.717, 1.165) is 38.8 Å². The predicted molar refractivity (Wildman–Crippen MR) is 174 cm³/mol. The number of amides is 2. The second-order valence-electron chi connectivity index (χ2n) is 11.0. The topological polar surface area (TPSA) is 92.4 Å². The molecule has 0 aromatic heterocycles. The standard InChI is InChI=1S/C35H40N4O5/c1-22-15-16-25-11-7-8-12-26(25)27(22)20-39-30-14-10-9-13-29(30)38(21-28(35(39)41)37-34(40)23(2)36-3)19-24-17-31(42-4)33(44-6)32(18-24)43-5/h7-18,23,28,36H,19-21H2,1-6H3,(H,37,40)/t23-,28-/m0/s1. The molecule has 44 heavy (non-hydrogen) atoms. The zero-order valence-corrected chi connectivity index (χ0v) is 26.1. The number of nitrogens with zero attached hydrogens (tertiary/aromatic N) is 2. The first-order chi connectivity index (χ1) is 21.3. The largest absolute Gasteiger partial charge is 0.493 e. The second kappa shape index (κ2) is 13.3. The Bertz CT molecular complexity index is 1650. The highest BCUT2D eigenvalue weighted by Crippen LogP contribution is 2.40. The number of likely N-dealkylation sites (N-methyl/N-ethyl adjacent to an activating group) is 1. The van der Waals surface area contributed by atoms with Crippen LogP contribution in [-0.2, 0) is 22.7 Å². The molecule has 4 aromatic rings. The zero-order valence-electron chi connectivity index (χ0n) is 26.1. The number of hydrogen-bond acceptors (Lipinski definition) is 7. The molecule has 0 bridgehead atoms. The highest BCUT2D eigenvalue weighted by molar-refractivity contribution is 6.04. The lowest BCUT2D eigenvalue weighted by molar-refractivity contribution is -0.128. The first kappa shape index (κ1) is 30.7. The van der Waals surface area contributed by atoms with E-state index in [1.54, 1.807) is 35.3 Å². The number of rotatable bonds is 10. The summed E-state index contributed by atoms with van der Waals surface area (Å²) in [5.41, 5.74) is 4.71. The van der Waals surface area contributed by atoms with Crippen LogP contribution in [0.4, 0.5) is 11.4 Å². The van der Waals surface area contributed by atoms with Crippen molar-refractivity contribution in [3.05, 3.63) is 89.5 Å². The molecule has 2 amide bonds. The zero-order chi connectivity index (χ0) is 31.4. The van der Waals surface area contributed by atoms with Crippen LogP contribution in [0.15, 0.2) is 72.8 Å². The van der Waals surface area contributed by atoms with Gasteiger partial charge in [0.15, 0.2) is 11.5 Å². The maximum atomic E-state index is 14.5. The van der Waals surface area contributed by atoms with Crippen molar-refractivity contribution < 1.29 is 23.8 Å². The predicted octanol–water partition coefficient (Wildman–Crippen LogP) is 4.82. The van der Waals surface area contributed by atoms with Crippen LogP contribution < -0.4 is 34.6 Å². The lowest BCUT2D eigenvalue weighted by Gasteiger charge is -2.28. The molecule has 0 aliphatic carbocycles. The molecule has 1 aliphatic rings. The van der Waals surface area contributed by atoms with Crippen molar-refractivity contribution >= 4 is 34.0 Å². The van der Waals surface area contributed by atoms with Gasteiger partial charge >= 0.3 is 0 Å². The van der Waals surface area contributed by atoms with Crippen molar-refractivity contribution in [1.29, 1.82) is 0 Å². The van der Waals surface area contributed by atoms with Crippen LogP contribution in [0.25, 0.3) is 10.8 Å². The molecule has 0 radical (unpaired) electrons. The maximum Gasteiger partial charge on any atom is 0.251 e. The molecular weight excluding hydrogens is 556 g/mol. The Kier molecular flexibility index (Phi) is 9.25. The lowest BCUT2D eigenvalue weighted by atomic mass is 9.99. The smallest absolute Gasteiger partial charge is 0.251 e. The Balaban J connectivity index is 1.62. The number of ether oxygens (including phenoxy) is 3. The Morgan fingerprint density at radius 1 is 0.909 bits per heavy atom. The number of aryl methyl sites for hydroxylation is 1. The summed E-state index contributed by atoms with van der Waals surface area (Å²) in [6.07, 6.45) is 0. The minimum absolute atomic E-state index is 0.172. The average Bonchev–Trinajstić information content (AvgIpc) is 3.15. The van der Waals surface area contributed by atoms with Crippen LogP contribution >= 0.6 is 0 Å². The summed E-state index contributed by atoms with van der Waals surface area (Å²) in [6.45, 7) is 4.89. The van der Waals surface area contributed by atoms with Gasteiger partial charge in [0.2, 0.25) is 11.7 Å². The van der Waals surface area contributed by atoms with Gasteiger partial charge in [-0.25, -0.2) is 0 Å². The van der Waals surface area contributed by atoms with Crippen molar-refractivity contribution in [2.45, 2.75) is 39.0 Å². The van der Waals surface area contributed by atoms with Crippen LogP contribution in [0.1, 0.15) is 23.6 Å². The molecule has 4 aromatic carbocycles. The monoisotopic (exact) mass is 596 g/mol. The van der Waals surface area contributed by atoms with Crippen molar-refractivity contribution in [1.82, 2.24) is 10.6 Å². The van der Waals surface area contributed by atoms with Crippen LogP contribution in [-0.4, -0.2) is 58.8 Å². The molecule has 0 spiro atoms. The quantitative estimate of drug-likeness (QED) is 0.271. The van der Waals surface area contributed by atoms with Gasteiger partial charge in [-0.2, -0.15) is 0 Å². The summed E-state index contributed by atoms with van der Waals surface area (Å²) in [5, 5.41) is 8.22. The number of benzene rings is 4. The molecule has 9 nitrogen and oxygen atoms in total. The van der Waals surface area contributed by atoms with E-state index in [-0.39, 0.29) is 18.4 Å². The fourth-order valence-electron chi connectivity index (χ4n) is 5.77. The number of anilines is 2. The molecule has 1 heterocycles. The number of fused-ring (bicyclic) bond motifs is 2. The van der Waals surface area contributed by atoms with Gasteiger partial charge in [-0.05, 0) is 72.6 Å². The molecule has 9 heteroatoms. The molecule has 0 saturated carbocycles. The Morgan fingerprint density at radius 2 is 1.57 bits per heavy atom. The van der Waals surface area contributed by atoms with E-state index < -0.39 is 12.1 Å². The maximum absolute atomic E-state index is 14.5. The molecule has 0 saturated heterocycles. The SMILES string of the molecule is CN[C@@H](C)C(=O)N[C@H]1CN(Cc2cc(OC)c(OC)c(OC)c2)c2ccccc2N(Cc2c(C)ccc3ccccc23)C1=O. The van der Waals surface area contributed by atoms with E-state index >= 15 is 0 Å². The van der Waals surface area contributed by atoms with Gasteiger partial charge < -0.3 is 34.6 Å². The van der Waals surface area contributed by atoms with Crippen molar-refractivity contribution in [2.24, 2.45) is 0 Å². The fraction of sp³-hybridized carbons (Fsp3) is 0.314. The molecule has 1 aliphatic heterocycles. The van der Waals surface area contributed by atoms with Gasteiger partial charge in [-0.15, -0.1) is 0 Å². The summed E-state index contributed by atoms with van der Waals surface area (Å²) in [7, 11) is 6.47. The van der Waals surface area contributed by atoms with E-state index in [0.29, 0.717) is 30.3 Å². The van der Waals surface area contributed by atoms with Crippen molar-refractivity contribution in [2.75, 3.05) is 44.7 Å². The lowest BCUT2D eigenvalue weighted by Crippen LogP contribution is -2.55. The number of methoxy groups -OCH3 is 3. The summed E-state index contributed by atoms with van der Waals surface area (Å²) in [6, 6.07) is 22.8. The summed E-state index contributed by atoms with van der Waals surface area (Å²) in [5.74, 6) is 1.18. The van der Waals surface area contributed by atoms with Crippen LogP contribution in [0.3, 0.4) is 0 Å². The van der Waals surface area contributed by atoms with Gasteiger partial charge in [-0.3, -0.25) is 9.59 Å². The van der Waals surface area contributed by atoms with Gasteiger partial charge in [0.1, 0.15) is 6.04 Å². The molecule has 0 unspecified atom stereocenters. The Morgan fingerprint density at radius 3 is 2.23 bits per heavy atom. The van der Waals surface area contributed by atoms with E-state index in [1.807, 2.05) is 53.4 Å². The van der Waals surface area contributed by atoms with E-state index in [2.05, 4.69) is 46.7 Å². The average molecular weight is 597 g/mol. The summed E-state index contributed by atoms with van der Waals surface area (Å²) >= 11 is 0. The first-order valence-corrected chi connectivity index (χ1v) is 14.7. The summed E-state index contributed by atoms with van der Waals surface area (Å²) < 4.78 is 16.8.